The fourth-order valence-electron chi connectivity index (χ4n) is 1.63. The van der Waals surface area contributed by atoms with Crippen LogP contribution < -0.4 is 10.5 Å². The van der Waals surface area contributed by atoms with Crippen LogP contribution in [0, 0.1) is 17.0 Å². The third kappa shape index (κ3) is 5.45. The largest absolute Gasteiger partial charge is 0.490 e. The first-order valence-corrected chi connectivity index (χ1v) is 7.12. The maximum absolute atomic E-state index is 13.4. The molecular weight excluding hydrogens is 316 g/mol. The molecule has 0 saturated carbocycles. The van der Waals surface area contributed by atoms with Gasteiger partial charge in [-0.15, -0.1) is 0 Å². The van der Waals surface area contributed by atoms with Crippen LogP contribution in [-0.4, -0.2) is 13.2 Å². The van der Waals surface area contributed by atoms with E-state index in [2.05, 4.69) is 29.8 Å². The van der Waals surface area contributed by atoms with Gasteiger partial charge in [0.05, 0.1) is 6.61 Å². The molecule has 0 saturated heterocycles. The second-order valence-corrected chi connectivity index (χ2v) is 6.29. The van der Waals surface area contributed by atoms with Gasteiger partial charge in [0.1, 0.15) is 0 Å². The van der Waals surface area contributed by atoms with Crippen molar-refractivity contribution in [2.75, 3.05) is 13.2 Å². The minimum absolute atomic E-state index is 0.0510. The molecule has 0 atom stereocenters. The first-order valence-electron chi connectivity index (χ1n) is 6.33. The third-order valence-corrected chi connectivity index (χ3v) is 3.48. The highest BCUT2D eigenvalue weighted by Crippen LogP contribution is 2.26. The summed E-state index contributed by atoms with van der Waals surface area (Å²) >= 11 is 3.10. The zero-order chi connectivity index (χ0) is 14.5. The van der Waals surface area contributed by atoms with Gasteiger partial charge in [0.2, 0.25) is 5.82 Å². The van der Waals surface area contributed by atoms with Gasteiger partial charge in [0.15, 0.2) is 11.6 Å². The van der Waals surface area contributed by atoms with E-state index in [1.807, 2.05) is 0 Å². The monoisotopic (exact) mass is 335 g/mol. The van der Waals surface area contributed by atoms with Gasteiger partial charge in [-0.1, -0.05) is 29.8 Å². The molecule has 1 aromatic carbocycles. The summed E-state index contributed by atoms with van der Waals surface area (Å²) in [6.45, 7) is 5.22. The van der Waals surface area contributed by atoms with Crippen molar-refractivity contribution in [2.24, 2.45) is 11.1 Å². The smallest absolute Gasteiger partial charge is 0.200 e. The first kappa shape index (κ1) is 16.4. The Bertz CT molecular complexity index is 424. The maximum atomic E-state index is 13.4. The van der Waals surface area contributed by atoms with Gasteiger partial charge in [0, 0.05) is 4.47 Å². The molecule has 0 aliphatic heterocycles. The minimum atomic E-state index is -0.939. The van der Waals surface area contributed by atoms with E-state index in [0.717, 1.165) is 25.3 Å². The van der Waals surface area contributed by atoms with Crippen molar-refractivity contribution in [3.63, 3.8) is 0 Å². The number of benzene rings is 1. The summed E-state index contributed by atoms with van der Waals surface area (Å²) in [5.41, 5.74) is 5.76. The zero-order valence-electron chi connectivity index (χ0n) is 11.3. The van der Waals surface area contributed by atoms with Gasteiger partial charge in [-0.25, -0.2) is 4.39 Å². The fraction of sp³-hybridized carbons (Fsp3) is 0.571. The second-order valence-electron chi connectivity index (χ2n) is 5.37. The van der Waals surface area contributed by atoms with Gasteiger partial charge in [-0.2, -0.15) is 4.39 Å². The molecule has 0 spiro atoms. The molecule has 0 aliphatic rings. The maximum Gasteiger partial charge on any atom is 0.200 e. The number of halogens is 3. The van der Waals surface area contributed by atoms with E-state index in [9.17, 15) is 8.78 Å². The van der Waals surface area contributed by atoms with E-state index >= 15 is 0 Å². The summed E-state index contributed by atoms with van der Waals surface area (Å²) in [4.78, 5) is 0. The standard InChI is InChI=1S/C14H20BrF2NO/c1-14(2,9-18)5-3-4-6-19-12-8-10(15)7-11(16)13(12)17/h7-8H,3-6,9,18H2,1-2H3. The number of hydrogen-bond donors (Lipinski definition) is 1. The number of unbranched alkanes of at least 4 members (excludes halogenated alkanes) is 1. The van der Waals surface area contributed by atoms with E-state index in [0.29, 0.717) is 17.6 Å². The number of ether oxygens (including phenoxy) is 1. The van der Waals surface area contributed by atoms with Crippen LogP contribution in [0.15, 0.2) is 16.6 Å². The van der Waals surface area contributed by atoms with E-state index in [-0.39, 0.29) is 11.2 Å². The Labute approximate surface area is 121 Å². The lowest BCUT2D eigenvalue weighted by Gasteiger charge is -2.21. The van der Waals surface area contributed by atoms with Crippen LogP contribution in [0.1, 0.15) is 33.1 Å². The summed E-state index contributed by atoms with van der Waals surface area (Å²) in [7, 11) is 0. The quantitative estimate of drug-likeness (QED) is 0.596. The Morgan fingerprint density at radius 2 is 1.95 bits per heavy atom. The Balaban J connectivity index is 2.38. The van der Waals surface area contributed by atoms with Gasteiger partial charge in [-0.05, 0) is 43.4 Å². The van der Waals surface area contributed by atoms with Crippen LogP contribution in [0.5, 0.6) is 5.75 Å². The van der Waals surface area contributed by atoms with Crippen LogP contribution in [0.3, 0.4) is 0 Å². The molecule has 2 N–H and O–H groups in total. The molecule has 0 amide bonds. The highest BCUT2D eigenvalue weighted by molar-refractivity contribution is 9.10. The van der Waals surface area contributed by atoms with Crippen LogP contribution in [0.4, 0.5) is 8.78 Å². The molecule has 108 valence electrons. The van der Waals surface area contributed by atoms with E-state index in [1.165, 1.54) is 6.07 Å². The van der Waals surface area contributed by atoms with Crippen molar-refractivity contribution < 1.29 is 13.5 Å². The summed E-state index contributed by atoms with van der Waals surface area (Å²) in [5.74, 6) is -1.90. The van der Waals surface area contributed by atoms with E-state index in [4.69, 9.17) is 10.5 Å². The summed E-state index contributed by atoms with van der Waals surface area (Å²) < 4.78 is 32.3. The van der Waals surface area contributed by atoms with Gasteiger partial charge >= 0.3 is 0 Å². The predicted molar refractivity (Wildman–Crippen MR) is 76.2 cm³/mol. The van der Waals surface area contributed by atoms with Crippen LogP contribution in [0.2, 0.25) is 0 Å². The van der Waals surface area contributed by atoms with Crippen molar-refractivity contribution in [3.05, 3.63) is 28.2 Å². The molecular formula is C14H20BrF2NO. The Hall–Kier alpha value is -0.680. The Morgan fingerprint density at radius 3 is 2.58 bits per heavy atom. The van der Waals surface area contributed by atoms with E-state index in [1.54, 1.807) is 0 Å². The van der Waals surface area contributed by atoms with Crippen molar-refractivity contribution in [3.8, 4) is 5.75 Å². The topological polar surface area (TPSA) is 35.2 Å². The molecule has 0 radical (unpaired) electrons. The summed E-state index contributed by atoms with van der Waals surface area (Å²) in [5, 5.41) is 0. The summed E-state index contributed by atoms with van der Waals surface area (Å²) in [6.07, 6.45) is 2.72. The molecule has 2 nitrogen and oxygen atoms in total. The summed E-state index contributed by atoms with van der Waals surface area (Å²) in [6, 6.07) is 2.51. The lowest BCUT2D eigenvalue weighted by atomic mass is 9.87. The van der Waals surface area contributed by atoms with Gasteiger partial charge in [0.25, 0.3) is 0 Å². The predicted octanol–water partition coefficient (Wildman–Crippen LogP) is 4.26. The lowest BCUT2D eigenvalue weighted by molar-refractivity contribution is 0.266. The lowest BCUT2D eigenvalue weighted by Crippen LogP contribution is -2.23. The van der Waals surface area contributed by atoms with Crippen molar-refractivity contribution in [2.45, 2.75) is 33.1 Å². The Kier molecular flexibility index (Phi) is 6.20. The molecule has 1 rings (SSSR count). The highest BCUT2D eigenvalue weighted by atomic mass is 79.9. The Morgan fingerprint density at radius 1 is 1.26 bits per heavy atom. The third-order valence-electron chi connectivity index (χ3n) is 3.02. The molecule has 0 aromatic heterocycles. The zero-order valence-corrected chi connectivity index (χ0v) is 12.9. The van der Waals surface area contributed by atoms with Gasteiger partial charge < -0.3 is 10.5 Å². The van der Waals surface area contributed by atoms with Crippen molar-refractivity contribution in [1.29, 1.82) is 0 Å². The van der Waals surface area contributed by atoms with Crippen molar-refractivity contribution >= 4 is 15.9 Å². The first-order chi connectivity index (χ1) is 8.85. The van der Waals surface area contributed by atoms with Crippen molar-refractivity contribution in [1.82, 2.24) is 0 Å². The molecule has 1 aromatic rings. The number of nitrogens with two attached hydrogens (primary N) is 1. The fourth-order valence-corrected chi connectivity index (χ4v) is 2.04. The molecule has 0 heterocycles. The van der Waals surface area contributed by atoms with Crippen LogP contribution in [0.25, 0.3) is 0 Å². The molecule has 0 unspecified atom stereocenters. The average Bonchev–Trinajstić information content (AvgIpc) is 2.34. The van der Waals surface area contributed by atoms with Crippen LogP contribution >= 0.6 is 15.9 Å². The van der Waals surface area contributed by atoms with E-state index < -0.39 is 11.6 Å². The normalized spacial score (nSPS) is 11.7. The molecule has 0 fully saturated rings. The molecule has 0 aliphatic carbocycles. The van der Waals surface area contributed by atoms with Crippen LogP contribution in [-0.2, 0) is 0 Å². The number of rotatable bonds is 7. The number of hydrogen-bond acceptors (Lipinski definition) is 2. The highest BCUT2D eigenvalue weighted by Gasteiger charge is 2.15. The minimum Gasteiger partial charge on any atom is -0.490 e. The SMILES string of the molecule is CC(C)(CN)CCCCOc1cc(Br)cc(F)c1F. The molecule has 0 bridgehead atoms. The molecule has 5 heteroatoms. The average molecular weight is 336 g/mol. The molecule has 19 heavy (non-hydrogen) atoms. The van der Waals surface area contributed by atoms with Gasteiger partial charge in [-0.3, -0.25) is 0 Å². The second kappa shape index (κ2) is 7.20.